The molecule has 0 aliphatic carbocycles. The second-order valence-electron chi connectivity index (χ2n) is 8.96. The van der Waals surface area contributed by atoms with Gasteiger partial charge >= 0.3 is 11.9 Å². The van der Waals surface area contributed by atoms with Crippen LogP contribution in [-0.2, 0) is 14.9 Å². The molecule has 4 nitrogen and oxygen atoms in total. The van der Waals surface area contributed by atoms with Crippen molar-refractivity contribution >= 4 is 23.5 Å². The summed E-state index contributed by atoms with van der Waals surface area (Å²) >= 11 is 6.06. The third kappa shape index (κ3) is 5.82. The lowest BCUT2D eigenvalue weighted by Crippen LogP contribution is -2.21. The minimum absolute atomic E-state index is 0.176. The summed E-state index contributed by atoms with van der Waals surface area (Å²) < 4.78 is 11.4. The Labute approximate surface area is 200 Å². The number of carbonyl (C=O) groups excluding carboxylic acids is 2. The summed E-state index contributed by atoms with van der Waals surface area (Å²) in [6, 6.07) is 19.9. The van der Waals surface area contributed by atoms with Crippen LogP contribution >= 0.6 is 11.6 Å². The average molecular weight is 465 g/mol. The lowest BCUT2D eigenvalue weighted by Gasteiger charge is -2.26. The molecule has 0 spiro atoms. The van der Waals surface area contributed by atoms with Crippen LogP contribution < -0.4 is 4.74 Å². The molecule has 3 aromatic carbocycles. The highest BCUT2D eigenvalue weighted by Gasteiger charge is 2.31. The number of benzene rings is 3. The largest absolute Gasteiger partial charge is 0.465 e. The molecule has 0 heterocycles. The van der Waals surface area contributed by atoms with Crippen LogP contribution in [0, 0.1) is 6.92 Å². The first kappa shape index (κ1) is 24.5. The van der Waals surface area contributed by atoms with Crippen LogP contribution in [0.1, 0.15) is 66.2 Å². The maximum atomic E-state index is 13.2. The highest BCUT2D eigenvalue weighted by Crippen LogP contribution is 2.39. The van der Waals surface area contributed by atoms with E-state index in [1.54, 1.807) is 31.2 Å². The maximum Gasteiger partial charge on any atom is 0.343 e. The fourth-order valence-electron chi connectivity index (χ4n) is 3.67. The van der Waals surface area contributed by atoms with E-state index in [1.807, 2.05) is 49.4 Å². The van der Waals surface area contributed by atoms with E-state index in [-0.39, 0.29) is 12.0 Å². The van der Waals surface area contributed by atoms with Crippen LogP contribution in [0.2, 0.25) is 5.02 Å². The normalized spacial score (nSPS) is 12.2. The molecule has 33 heavy (non-hydrogen) atoms. The van der Waals surface area contributed by atoms with Crippen molar-refractivity contribution < 1.29 is 19.1 Å². The first-order valence-corrected chi connectivity index (χ1v) is 11.3. The van der Waals surface area contributed by atoms with Gasteiger partial charge < -0.3 is 9.47 Å². The monoisotopic (exact) mass is 464 g/mol. The molecular weight excluding hydrogens is 436 g/mol. The number of hydrogen-bond acceptors (Lipinski definition) is 4. The Balaban J connectivity index is 2.20. The molecule has 0 radical (unpaired) electrons. The van der Waals surface area contributed by atoms with Gasteiger partial charge in [0.15, 0.2) is 0 Å². The second-order valence-corrected chi connectivity index (χ2v) is 9.39. The first-order chi connectivity index (χ1) is 15.6. The van der Waals surface area contributed by atoms with Crippen LogP contribution in [0.25, 0.3) is 0 Å². The highest BCUT2D eigenvalue weighted by molar-refractivity contribution is 6.30. The zero-order valence-corrected chi connectivity index (χ0v) is 20.4. The Morgan fingerprint density at radius 2 is 1.67 bits per heavy atom. The van der Waals surface area contributed by atoms with E-state index in [2.05, 4.69) is 20.8 Å². The molecular formula is C28H29ClO4. The fourth-order valence-corrected chi connectivity index (χ4v) is 3.86. The first-order valence-electron chi connectivity index (χ1n) is 11.0. The van der Waals surface area contributed by atoms with Gasteiger partial charge in [-0.3, -0.25) is 4.79 Å². The minimum Gasteiger partial charge on any atom is -0.465 e. The smallest absolute Gasteiger partial charge is 0.343 e. The Bertz CT molecular complexity index is 1150. The Morgan fingerprint density at radius 3 is 2.27 bits per heavy atom. The molecule has 0 saturated heterocycles. The van der Waals surface area contributed by atoms with Gasteiger partial charge in [0.05, 0.1) is 12.2 Å². The topological polar surface area (TPSA) is 52.6 Å². The Kier molecular flexibility index (Phi) is 7.60. The molecule has 0 aliphatic heterocycles. The van der Waals surface area contributed by atoms with Crippen molar-refractivity contribution in [2.45, 2.75) is 46.0 Å². The Morgan fingerprint density at radius 1 is 0.970 bits per heavy atom. The summed E-state index contributed by atoms with van der Waals surface area (Å²) in [4.78, 5) is 26.2. The van der Waals surface area contributed by atoms with Crippen LogP contribution in [0.3, 0.4) is 0 Å². The number of hydrogen-bond donors (Lipinski definition) is 0. The number of rotatable bonds is 6. The van der Waals surface area contributed by atoms with Crippen molar-refractivity contribution in [3.63, 3.8) is 0 Å². The summed E-state index contributed by atoms with van der Waals surface area (Å²) in [5.41, 5.74) is 3.31. The number of aryl methyl sites for hydroxylation is 1. The maximum absolute atomic E-state index is 13.2. The van der Waals surface area contributed by atoms with Gasteiger partial charge in [0, 0.05) is 10.6 Å². The van der Waals surface area contributed by atoms with E-state index < -0.39 is 17.9 Å². The van der Waals surface area contributed by atoms with E-state index in [9.17, 15) is 9.59 Å². The van der Waals surface area contributed by atoms with Crippen molar-refractivity contribution in [2.75, 3.05) is 6.61 Å². The molecule has 172 valence electrons. The molecule has 0 aromatic heterocycles. The predicted molar refractivity (Wildman–Crippen MR) is 131 cm³/mol. The van der Waals surface area contributed by atoms with Crippen LogP contribution in [0.15, 0.2) is 66.7 Å². The molecule has 0 fully saturated rings. The molecule has 3 rings (SSSR count). The molecule has 0 N–H and O–H groups in total. The number of halogens is 1. The molecule has 1 atom stereocenters. The minimum atomic E-state index is -0.741. The van der Waals surface area contributed by atoms with E-state index >= 15 is 0 Å². The van der Waals surface area contributed by atoms with Crippen LogP contribution in [-0.4, -0.2) is 18.5 Å². The zero-order chi connectivity index (χ0) is 24.2. The number of ether oxygens (including phenoxy) is 2. The van der Waals surface area contributed by atoms with Crippen molar-refractivity contribution in [1.82, 2.24) is 0 Å². The van der Waals surface area contributed by atoms with Gasteiger partial charge in [-0.25, -0.2) is 4.79 Å². The average Bonchev–Trinajstić information content (AvgIpc) is 2.76. The third-order valence-corrected chi connectivity index (χ3v) is 5.63. The summed E-state index contributed by atoms with van der Waals surface area (Å²) in [5.74, 6) is -1.32. The van der Waals surface area contributed by atoms with E-state index in [0.717, 1.165) is 16.7 Å². The van der Waals surface area contributed by atoms with Crippen LogP contribution in [0.4, 0.5) is 0 Å². The molecule has 5 heteroatoms. The van der Waals surface area contributed by atoms with Crippen molar-refractivity contribution in [3.05, 3.63) is 99.6 Å². The fraction of sp³-hybridized carbons (Fsp3) is 0.286. The van der Waals surface area contributed by atoms with Gasteiger partial charge in [0.1, 0.15) is 11.7 Å². The molecule has 0 saturated carbocycles. The van der Waals surface area contributed by atoms with Gasteiger partial charge in [0.2, 0.25) is 0 Å². The van der Waals surface area contributed by atoms with E-state index in [4.69, 9.17) is 21.1 Å². The predicted octanol–water partition coefficient (Wildman–Crippen LogP) is 6.86. The Hall–Kier alpha value is -3.11. The molecule has 0 amide bonds. The highest BCUT2D eigenvalue weighted by atomic mass is 35.5. The van der Waals surface area contributed by atoms with Gasteiger partial charge in [-0.05, 0) is 54.2 Å². The standard InChI is InChI=1S/C28H29ClO4/c1-6-32-27(31)24(19-11-8-7-9-12-19)23-17-21(28(3,4)5)15-18(2)25(23)33-26(30)20-13-10-14-22(29)16-20/h7-17,24H,6H2,1-5H3. The van der Waals surface area contributed by atoms with Gasteiger partial charge in [0.25, 0.3) is 0 Å². The zero-order valence-electron chi connectivity index (χ0n) is 19.6. The van der Waals surface area contributed by atoms with E-state index in [1.165, 1.54) is 0 Å². The summed E-state index contributed by atoms with van der Waals surface area (Å²) in [5, 5.41) is 0.443. The number of carbonyl (C=O) groups is 2. The SMILES string of the molecule is CCOC(=O)C(c1ccccc1)c1cc(C(C)(C)C)cc(C)c1OC(=O)c1cccc(Cl)c1. The lowest BCUT2D eigenvalue weighted by molar-refractivity contribution is -0.143. The van der Waals surface area contributed by atoms with Gasteiger partial charge in [-0.1, -0.05) is 80.9 Å². The summed E-state index contributed by atoms with van der Waals surface area (Å²) in [7, 11) is 0. The molecule has 0 aliphatic rings. The second kappa shape index (κ2) is 10.2. The van der Waals surface area contributed by atoms with Crippen molar-refractivity contribution in [2.24, 2.45) is 0 Å². The number of esters is 2. The van der Waals surface area contributed by atoms with Crippen LogP contribution in [0.5, 0.6) is 5.75 Å². The summed E-state index contributed by atoms with van der Waals surface area (Å²) in [6.07, 6.45) is 0. The van der Waals surface area contributed by atoms with E-state index in [0.29, 0.717) is 21.9 Å². The van der Waals surface area contributed by atoms with Crippen molar-refractivity contribution in [1.29, 1.82) is 0 Å². The lowest BCUT2D eigenvalue weighted by atomic mass is 9.81. The van der Waals surface area contributed by atoms with Gasteiger partial charge in [-0.15, -0.1) is 0 Å². The molecule has 1 unspecified atom stereocenters. The van der Waals surface area contributed by atoms with Gasteiger partial charge in [-0.2, -0.15) is 0 Å². The quantitative estimate of drug-likeness (QED) is 0.295. The third-order valence-electron chi connectivity index (χ3n) is 5.39. The summed E-state index contributed by atoms with van der Waals surface area (Å²) in [6.45, 7) is 10.2. The molecule has 0 bridgehead atoms. The van der Waals surface area contributed by atoms with Crippen molar-refractivity contribution in [3.8, 4) is 5.75 Å². The molecule has 3 aromatic rings.